The van der Waals surface area contributed by atoms with Gasteiger partial charge in [0.25, 0.3) is 5.91 Å². The summed E-state index contributed by atoms with van der Waals surface area (Å²) >= 11 is 0. The van der Waals surface area contributed by atoms with E-state index in [4.69, 9.17) is 9.47 Å². The third kappa shape index (κ3) is 3.12. The summed E-state index contributed by atoms with van der Waals surface area (Å²) < 4.78 is 13.3. The van der Waals surface area contributed by atoms with Gasteiger partial charge in [-0.3, -0.25) is 4.79 Å². The number of carbonyl (C=O) groups excluding carboxylic acids is 1. The van der Waals surface area contributed by atoms with Gasteiger partial charge in [-0.25, -0.2) is 4.58 Å². The van der Waals surface area contributed by atoms with Crippen LogP contribution in [0, 0.1) is 0 Å². The number of methoxy groups -OCH3 is 2. The highest BCUT2D eigenvalue weighted by Gasteiger charge is 2.40. The van der Waals surface area contributed by atoms with Gasteiger partial charge in [-0.1, -0.05) is 19.1 Å². The van der Waals surface area contributed by atoms with E-state index in [1.54, 1.807) is 14.2 Å². The quantitative estimate of drug-likeness (QED) is 0.688. The maximum Gasteiger partial charge on any atom is 0.293 e. The fraction of sp³-hybridized carbons (Fsp3) is 0.333. The summed E-state index contributed by atoms with van der Waals surface area (Å²) in [6.07, 6.45) is 1.62. The Morgan fingerprint density at radius 1 is 1.11 bits per heavy atom. The SMILES string of the molecule is CCC1C(=O)Nc2ccccc2C2=[N+]1CCc1cc(OC)c(OC)cc12.[Br-]. The Morgan fingerprint density at radius 2 is 1.81 bits per heavy atom. The van der Waals surface area contributed by atoms with Crippen LogP contribution in [0.4, 0.5) is 5.69 Å². The van der Waals surface area contributed by atoms with Gasteiger partial charge in [0.15, 0.2) is 11.5 Å². The highest BCUT2D eigenvalue weighted by molar-refractivity contribution is 6.17. The molecular formula is C21H23BrN2O3. The average Bonchev–Trinajstić information content (AvgIpc) is 2.79. The molecule has 1 atom stereocenters. The second-order valence-electron chi connectivity index (χ2n) is 6.62. The summed E-state index contributed by atoms with van der Waals surface area (Å²) in [7, 11) is 3.31. The average molecular weight is 431 g/mol. The number of halogens is 1. The highest BCUT2D eigenvalue weighted by atomic mass is 79.9. The predicted molar refractivity (Wildman–Crippen MR) is 101 cm³/mol. The number of hydrogen-bond acceptors (Lipinski definition) is 3. The van der Waals surface area contributed by atoms with E-state index >= 15 is 0 Å². The third-order valence-electron chi connectivity index (χ3n) is 5.28. The Labute approximate surface area is 169 Å². The molecule has 4 rings (SSSR count). The first kappa shape index (κ1) is 19.4. The molecular weight excluding hydrogens is 408 g/mol. The van der Waals surface area contributed by atoms with E-state index in [1.807, 2.05) is 24.3 Å². The fourth-order valence-electron chi connectivity index (χ4n) is 4.03. The van der Waals surface area contributed by atoms with Crippen LogP contribution in [-0.2, 0) is 11.2 Å². The monoisotopic (exact) mass is 430 g/mol. The van der Waals surface area contributed by atoms with Gasteiger partial charge in [-0.2, -0.15) is 0 Å². The standard InChI is InChI=1S/C21H22N2O3.BrH/c1-4-17-21(24)22-16-8-6-5-7-14(16)20-15-12-19(26-3)18(25-2)11-13(15)9-10-23(17)20;/h5-8,11-12,17H,4,9-10H2,1-3H3;1H. The smallest absolute Gasteiger partial charge is 0.293 e. The van der Waals surface area contributed by atoms with Crippen LogP contribution in [0.2, 0.25) is 0 Å². The summed E-state index contributed by atoms with van der Waals surface area (Å²) in [5.41, 5.74) is 5.32. The number of benzene rings is 2. The van der Waals surface area contributed by atoms with Gasteiger partial charge in [0.2, 0.25) is 11.8 Å². The van der Waals surface area contributed by atoms with Crippen molar-refractivity contribution in [3.8, 4) is 11.5 Å². The first-order chi connectivity index (χ1) is 12.7. The molecule has 6 heteroatoms. The Balaban J connectivity index is 0.00000210. The van der Waals surface area contributed by atoms with E-state index in [1.165, 1.54) is 5.56 Å². The van der Waals surface area contributed by atoms with Crippen molar-refractivity contribution < 1.29 is 35.8 Å². The Kier molecular flexibility index (Phi) is 5.56. The minimum Gasteiger partial charge on any atom is -1.00 e. The molecule has 2 heterocycles. The molecule has 142 valence electrons. The largest absolute Gasteiger partial charge is 1.00 e. The number of para-hydroxylation sites is 1. The number of nitrogens with zero attached hydrogens (tertiary/aromatic N) is 1. The molecule has 0 saturated heterocycles. The van der Waals surface area contributed by atoms with Crippen molar-refractivity contribution in [2.45, 2.75) is 25.8 Å². The number of carbonyl (C=O) groups is 1. The number of ether oxygens (including phenoxy) is 2. The molecule has 1 N–H and O–H groups in total. The maximum atomic E-state index is 12.8. The molecule has 0 fully saturated rings. The molecule has 1 unspecified atom stereocenters. The van der Waals surface area contributed by atoms with E-state index in [2.05, 4.69) is 28.9 Å². The summed E-state index contributed by atoms with van der Waals surface area (Å²) in [5.74, 6) is 1.50. The zero-order valence-corrected chi connectivity index (χ0v) is 17.3. The van der Waals surface area contributed by atoms with Crippen molar-refractivity contribution in [1.82, 2.24) is 0 Å². The lowest BCUT2D eigenvalue weighted by Crippen LogP contribution is -3.00. The van der Waals surface area contributed by atoms with Gasteiger partial charge >= 0.3 is 0 Å². The Hall–Kier alpha value is -2.34. The van der Waals surface area contributed by atoms with Crippen LogP contribution in [0.5, 0.6) is 11.5 Å². The molecule has 0 spiro atoms. The van der Waals surface area contributed by atoms with Crippen molar-refractivity contribution in [3.63, 3.8) is 0 Å². The molecule has 0 radical (unpaired) electrons. The van der Waals surface area contributed by atoms with Crippen molar-refractivity contribution in [2.75, 3.05) is 26.1 Å². The zero-order valence-electron chi connectivity index (χ0n) is 15.7. The number of fused-ring (bicyclic) bond motifs is 4. The van der Waals surface area contributed by atoms with Gasteiger partial charge in [0, 0.05) is 12.8 Å². The maximum absolute atomic E-state index is 12.8. The van der Waals surface area contributed by atoms with Crippen molar-refractivity contribution in [2.24, 2.45) is 0 Å². The molecule has 0 aliphatic carbocycles. The van der Waals surface area contributed by atoms with Crippen LogP contribution in [0.25, 0.3) is 0 Å². The van der Waals surface area contributed by atoms with E-state index in [9.17, 15) is 4.79 Å². The van der Waals surface area contributed by atoms with Crippen LogP contribution in [0.15, 0.2) is 36.4 Å². The van der Waals surface area contributed by atoms with E-state index in [-0.39, 0.29) is 28.9 Å². The number of rotatable bonds is 3. The molecule has 0 bridgehead atoms. The summed E-state index contributed by atoms with van der Waals surface area (Å²) in [6, 6.07) is 11.9. The molecule has 5 nitrogen and oxygen atoms in total. The lowest BCUT2D eigenvalue weighted by Gasteiger charge is -2.22. The van der Waals surface area contributed by atoms with Crippen molar-refractivity contribution >= 4 is 17.3 Å². The highest BCUT2D eigenvalue weighted by Crippen LogP contribution is 2.36. The molecule has 0 aromatic heterocycles. The molecule has 2 aromatic carbocycles. The van der Waals surface area contributed by atoms with Gasteiger partial charge in [0.1, 0.15) is 6.54 Å². The van der Waals surface area contributed by atoms with E-state index < -0.39 is 0 Å². The summed E-state index contributed by atoms with van der Waals surface area (Å²) in [6.45, 7) is 2.86. The number of anilines is 1. The van der Waals surface area contributed by atoms with Crippen LogP contribution >= 0.6 is 0 Å². The Bertz CT molecular complexity index is 924. The van der Waals surface area contributed by atoms with Gasteiger partial charge in [-0.15, -0.1) is 0 Å². The topological polar surface area (TPSA) is 50.6 Å². The minimum atomic E-state index is -0.182. The van der Waals surface area contributed by atoms with Crippen molar-refractivity contribution in [3.05, 3.63) is 53.1 Å². The Morgan fingerprint density at radius 3 is 2.52 bits per heavy atom. The van der Waals surface area contributed by atoms with Gasteiger partial charge < -0.3 is 31.8 Å². The zero-order chi connectivity index (χ0) is 18.3. The summed E-state index contributed by atoms with van der Waals surface area (Å²) in [4.78, 5) is 12.8. The molecule has 0 saturated carbocycles. The molecule has 2 aromatic rings. The molecule has 2 aliphatic heterocycles. The third-order valence-corrected chi connectivity index (χ3v) is 5.28. The van der Waals surface area contributed by atoms with Crippen LogP contribution in [-0.4, -0.2) is 43.0 Å². The van der Waals surface area contributed by atoms with Gasteiger partial charge in [-0.05, 0) is 29.8 Å². The molecule has 2 aliphatic rings. The van der Waals surface area contributed by atoms with Crippen LogP contribution in [0.1, 0.15) is 30.0 Å². The van der Waals surface area contributed by atoms with Crippen LogP contribution < -0.4 is 31.8 Å². The lowest BCUT2D eigenvalue weighted by molar-refractivity contribution is -0.552. The molecule has 27 heavy (non-hydrogen) atoms. The number of hydrogen-bond donors (Lipinski definition) is 1. The first-order valence-electron chi connectivity index (χ1n) is 8.97. The molecule has 1 amide bonds. The lowest BCUT2D eigenvalue weighted by atomic mass is 9.90. The second kappa shape index (κ2) is 7.72. The normalized spacial score (nSPS) is 17.6. The minimum absolute atomic E-state index is 0. The number of amides is 1. The van der Waals surface area contributed by atoms with E-state index in [0.29, 0.717) is 5.75 Å². The van der Waals surface area contributed by atoms with Crippen LogP contribution in [0.3, 0.4) is 0 Å². The second-order valence-corrected chi connectivity index (χ2v) is 6.62. The van der Waals surface area contributed by atoms with Crippen molar-refractivity contribution in [1.29, 1.82) is 0 Å². The first-order valence-corrected chi connectivity index (χ1v) is 8.97. The number of nitrogens with one attached hydrogen (secondary N) is 1. The van der Waals surface area contributed by atoms with Gasteiger partial charge in [0.05, 0.1) is 31.0 Å². The fourth-order valence-corrected chi connectivity index (χ4v) is 4.03. The predicted octanol–water partition coefficient (Wildman–Crippen LogP) is -0.155. The van der Waals surface area contributed by atoms with E-state index in [0.717, 1.165) is 47.7 Å². The summed E-state index contributed by atoms with van der Waals surface area (Å²) in [5, 5.41) is 3.10.